The Morgan fingerprint density at radius 1 is 1.06 bits per heavy atom. The number of carbonyl (C=O) groups excluding carboxylic acids is 2. The van der Waals surface area contributed by atoms with Crippen LogP contribution in [0.4, 0.5) is 4.39 Å². The lowest BCUT2D eigenvalue weighted by Gasteiger charge is -2.35. The predicted octanol–water partition coefficient (Wildman–Crippen LogP) is 4.36. The van der Waals surface area contributed by atoms with E-state index < -0.39 is 0 Å². The number of para-hydroxylation sites is 1. The van der Waals surface area contributed by atoms with E-state index in [0.717, 1.165) is 48.9 Å². The molecule has 5 rings (SSSR count). The first-order chi connectivity index (χ1) is 16.1. The standard InChI is InChI=1S/C27H30FN3O2/c28-19-7-5-6-18(16-19)12-14-29-26(32)22-9-1-2-10-23(22)27(33)31-15-13-21-20-8-3-4-11-24(20)30-25(21)17-31/h3-8,11,16,22-23,30H,1-2,9-10,12-15,17H2,(H,29,32). The first-order valence-electron chi connectivity index (χ1n) is 12.0. The molecule has 1 fully saturated rings. The molecule has 2 N–H and O–H groups in total. The Balaban J connectivity index is 1.23. The number of amides is 2. The molecule has 2 aliphatic rings. The summed E-state index contributed by atoms with van der Waals surface area (Å²) in [4.78, 5) is 31.9. The van der Waals surface area contributed by atoms with Gasteiger partial charge >= 0.3 is 0 Å². The van der Waals surface area contributed by atoms with Gasteiger partial charge in [-0.3, -0.25) is 9.59 Å². The Kier molecular flexibility index (Phi) is 6.16. The van der Waals surface area contributed by atoms with Gasteiger partial charge < -0.3 is 15.2 Å². The number of aromatic nitrogens is 1. The van der Waals surface area contributed by atoms with E-state index in [0.29, 0.717) is 26.1 Å². The maximum Gasteiger partial charge on any atom is 0.226 e. The maximum atomic E-state index is 13.5. The minimum Gasteiger partial charge on any atom is -0.357 e. The molecule has 3 aromatic rings. The molecule has 2 heterocycles. The molecule has 1 aliphatic carbocycles. The summed E-state index contributed by atoms with van der Waals surface area (Å²) in [6.45, 7) is 1.72. The van der Waals surface area contributed by atoms with Crippen LogP contribution in [-0.2, 0) is 29.0 Å². The van der Waals surface area contributed by atoms with Crippen molar-refractivity contribution in [3.05, 3.63) is 71.2 Å². The van der Waals surface area contributed by atoms with E-state index in [1.165, 1.54) is 23.1 Å². The van der Waals surface area contributed by atoms with Gasteiger partial charge in [0.2, 0.25) is 11.8 Å². The molecule has 2 aromatic carbocycles. The highest BCUT2D eigenvalue weighted by Crippen LogP contribution is 2.34. The summed E-state index contributed by atoms with van der Waals surface area (Å²) >= 11 is 0. The van der Waals surface area contributed by atoms with E-state index in [2.05, 4.69) is 22.4 Å². The van der Waals surface area contributed by atoms with Crippen LogP contribution in [0, 0.1) is 17.7 Å². The number of fused-ring (bicyclic) bond motifs is 3. The summed E-state index contributed by atoms with van der Waals surface area (Å²) in [5, 5.41) is 4.25. The zero-order chi connectivity index (χ0) is 22.8. The molecular formula is C27H30FN3O2. The number of hydrogen-bond donors (Lipinski definition) is 2. The van der Waals surface area contributed by atoms with Crippen molar-refractivity contribution >= 4 is 22.7 Å². The zero-order valence-electron chi connectivity index (χ0n) is 18.8. The molecule has 0 spiro atoms. The number of carbonyl (C=O) groups is 2. The van der Waals surface area contributed by atoms with Gasteiger partial charge in [0.15, 0.2) is 0 Å². The second-order valence-electron chi connectivity index (χ2n) is 9.31. The van der Waals surface area contributed by atoms with Gasteiger partial charge in [-0.25, -0.2) is 4.39 Å². The van der Waals surface area contributed by atoms with E-state index in [-0.39, 0.29) is 29.5 Å². The molecule has 33 heavy (non-hydrogen) atoms. The number of benzene rings is 2. The van der Waals surface area contributed by atoms with Gasteiger partial charge in [-0.15, -0.1) is 0 Å². The molecule has 0 radical (unpaired) electrons. The van der Waals surface area contributed by atoms with Gasteiger partial charge in [-0.2, -0.15) is 0 Å². The van der Waals surface area contributed by atoms with Gasteiger partial charge in [0, 0.05) is 41.5 Å². The van der Waals surface area contributed by atoms with Crippen LogP contribution in [0.5, 0.6) is 0 Å². The molecular weight excluding hydrogens is 417 g/mol. The lowest BCUT2D eigenvalue weighted by atomic mass is 9.77. The predicted molar refractivity (Wildman–Crippen MR) is 126 cm³/mol. The molecule has 2 unspecified atom stereocenters. The Morgan fingerprint density at radius 3 is 2.73 bits per heavy atom. The fourth-order valence-electron chi connectivity index (χ4n) is 5.51. The minimum atomic E-state index is -0.289. The number of rotatable bonds is 5. The number of H-pyrrole nitrogens is 1. The van der Waals surface area contributed by atoms with Crippen LogP contribution in [0.15, 0.2) is 48.5 Å². The SMILES string of the molecule is O=C(NCCc1cccc(F)c1)C1CCCCC1C(=O)N1CCc2c([nH]c3ccccc23)C1. The first-order valence-corrected chi connectivity index (χ1v) is 12.0. The summed E-state index contributed by atoms with van der Waals surface area (Å²) < 4.78 is 13.4. The van der Waals surface area contributed by atoms with Crippen LogP contribution in [0.2, 0.25) is 0 Å². The Morgan fingerprint density at radius 2 is 1.88 bits per heavy atom. The second kappa shape index (κ2) is 9.38. The van der Waals surface area contributed by atoms with E-state index in [1.54, 1.807) is 6.07 Å². The molecule has 1 aromatic heterocycles. The lowest BCUT2D eigenvalue weighted by Crippen LogP contribution is -2.47. The van der Waals surface area contributed by atoms with Crippen LogP contribution in [0.25, 0.3) is 10.9 Å². The fraction of sp³-hybridized carbons (Fsp3) is 0.407. The summed E-state index contributed by atoms with van der Waals surface area (Å²) in [6, 6.07) is 14.7. The van der Waals surface area contributed by atoms with Crippen molar-refractivity contribution in [2.75, 3.05) is 13.1 Å². The monoisotopic (exact) mass is 447 g/mol. The van der Waals surface area contributed by atoms with E-state index in [4.69, 9.17) is 0 Å². The molecule has 2 amide bonds. The molecule has 6 heteroatoms. The van der Waals surface area contributed by atoms with E-state index in [1.807, 2.05) is 23.1 Å². The van der Waals surface area contributed by atoms with Crippen molar-refractivity contribution < 1.29 is 14.0 Å². The summed E-state index contributed by atoms with van der Waals surface area (Å²) in [7, 11) is 0. The summed E-state index contributed by atoms with van der Waals surface area (Å²) in [5.41, 5.74) is 4.40. The Hall–Kier alpha value is -3.15. The lowest BCUT2D eigenvalue weighted by molar-refractivity contribution is -0.144. The van der Waals surface area contributed by atoms with Crippen LogP contribution >= 0.6 is 0 Å². The van der Waals surface area contributed by atoms with Crippen molar-refractivity contribution in [2.45, 2.75) is 45.1 Å². The van der Waals surface area contributed by atoms with Crippen molar-refractivity contribution in [2.24, 2.45) is 11.8 Å². The third kappa shape index (κ3) is 4.52. The van der Waals surface area contributed by atoms with Crippen molar-refractivity contribution in [1.82, 2.24) is 15.2 Å². The Labute approximate surface area is 193 Å². The Bertz CT molecular complexity index is 1170. The number of nitrogens with zero attached hydrogens (tertiary/aromatic N) is 1. The highest BCUT2D eigenvalue weighted by molar-refractivity contribution is 5.89. The number of hydrogen-bond acceptors (Lipinski definition) is 2. The van der Waals surface area contributed by atoms with Crippen molar-refractivity contribution in [3.8, 4) is 0 Å². The van der Waals surface area contributed by atoms with Gasteiger partial charge in [0.25, 0.3) is 0 Å². The quantitative estimate of drug-likeness (QED) is 0.611. The highest BCUT2D eigenvalue weighted by Gasteiger charge is 2.38. The average molecular weight is 448 g/mol. The van der Waals surface area contributed by atoms with Crippen LogP contribution < -0.4 is 5.32 Å². The van der Waals surface area contributed by atoms with E-state index >= 15 is 0 Å². The molecule has 0 bridgehead atoms. The highest BCUT2D eigenvalue weighted by atomic mass is 19.1. The van der Waals surface area contributed by atoms with Gasteiger partial charge in [0.1, 0.15) is 5.82 Å². The molecule has 0 saturated heterocycles. The maximum absolute atomic E-state index is 13.5. The van der Waals surface area contributed by atoms with Crippen LogP contribution in [0.1, 0.15) is 42.5 Å². The third-order valence-corrected chi connectivity index (χ3v) is 7.22. The largest absolute Gasteiger partial charge is 0.357 e. The third-order valence-electron chi connectivity index (χ3n) is 7.22. The smallest absolute Gasteiger partial charge is 0.226 e. The van der Waals surface area contributed by atoms with Crippen LogP contribution in [0.3, 0.4) is 0 Å². The van der Waals surface area contributed by atoms with Gasteiger partial charge in [0.05, 0.1) is 6.54 Å². The molecule has 172 valence electrons. The molecule has 5 nitrogen and oxygen atoms in total. The van der Waals surface area contributed by atoms with Crippen LogP contribution in [-0.4, -0.2) is 34.8 Å². The second-order valence-corrected chi connectivity index (χ2v) is 9.31. The number of halogens is 1. The average Bonchev–Trinajstić information content (AvgIpc) is 3.21. The summed E-state index contributed by atoms with van der Waals surface area (Å²) in [6.07, 6.45) is 4.86. The minimum absolute atomic E-state index is 0.0484. The van der Waals surface area contributed by atoms with E-state index in [9.17, 15) is 14.0 Å². The molecule has 1 saturated carbocycles. The first kappa shape index (κ1) is 21.7. The number of nitrogens with one attached hydrogen (secondary N) is 2. The normalized spacial score (nSPS) is 20.5. The molecule has 2 atom stereocenters. The number of aromatic amines is 1. The van der Waals surface area contributed by atoms with Gasteiger partial charge in [-0.05, 0) is 55.0 Å². The van der Waals surface area contributed by atoms with Crippen molar-refractivity contribution in [3.63, 3.8) is 0 Å². The van der Waals surface area contributed by atoms with Crippen molar-refractivity contribution in [1.29, 1.82) is 0 Å². The topological polar surface area (TPSA) is 65.2 Å². The molecule has 1 aliphatic heterocycles. The van der Waals surface area contributed by atoms with Gasteiger partial charge in [-0.1, -0.05) is 43.2 Å². The zero-order valence-corrected chi connectivity index (χ0v) is 18.8. The fourth-order valence-corrected chi connectivity index (χ4v) is 5.51. The summed E-state index contributed by atoms with van der Waals surface area (Å²) in [5.74, 6) is -0.768.